The molecule has 0 radical (unpaired) electrons. The number of nitrogens with one attached hydrogen (secondary N) is 2. The Morgan fingerprint density at radius 3 is 2.37 bits per heavy atom. The van der Waals surface area contributed by atoms with E-state index in [0.717, 1.165) is 81.2 Å². The number of fused-ring (bicyclic) bond motifs is 1. The van der Waals surface area contributed by atoms with E-state index in [9.17, 15) is 24.3 Å². The van der Waals surface area contributed by atoms with Crippen LogP contribution in [0.25, 0.3) is 33.5 Å². The van der Waals surface area contributed by atoms with Crippen molar-refractivity contribution in [2.24, 2.45) is 5.92 Å². The predicted molar refractivity (Wildman–Crippen MR) is 267 cm³/mol. The van der Waals surface area contributed by atoms with E-state index in [2.05, 4.69) is 25.2 Å². The van der Waals surface area contributed by atoms with Crippen LogP contribution in [0.5, 0.6) is 11.5 Å². The van der Waals surface area contributed by atoms with E-state index in [1.165, 1.54) is 51.6 Å². The van der Waals surface area contributed by atoms with E-state index in [4.69, 9.17) is 9.47 Å². The van der Waals surface area contributed by atoms with Crippen molar-refractivity contribution in [3.63, 3.8) is 0 Å². The molecule has 0 bridgehead atoms. The van der Waals surface area contributed by atoms with Crippen LogP contribution in [0.3, 0.4) is 0 Å². The topological polar surface area (TPSA) is 170 Å². The quantitative estimate of drug-likeness (QED) is 0.0895. The van der Waals surface area contributed by atoms with Crippen LogP contribution in [0.1, 0.15) is 97.1 Å². The summed E-state index contributed by atoms with van der Waals surface area (Å²) in [6, 6.07) is 21.4. The Morgan fingerprint density at radius 2 is 1.66 bits per heavy atom. The van der Waals surface area contributed by atoms with E-state index in [0.29, 0.717) is 69.4 Å². The van der Waals surface area contributed by atoms with Gasteiger partial charge in [0, 0.05) is 67.0 Å². The fourth-order valence-electron chi connectivity index (χ4n) is 10.0. The number of carbonyl (C=O) groups is 4. The van der Waals surface area contributed by atoms with E-state index >= 15 is 8.78 Å². The Bertz CT molecular complexity index is 2970. The molecule has 9 rings (SSSR count). The molecule has 16 heteroatoms. The number of rotatable bonds is 14. The predicted octanol–water partition coefficient (Wildman–Crippen LogP) is 9.24. The molecule has 0 aliphatic carbocycles. The average Bonchev–Trinajstić information content (AvgIpc) is 3.80. The maximum absolute atomic E-state index is 15.2. The third kappa shape index (κ3) is 11.0. The standard InChI is InChI=1S/C55H59F2N7O7/c1-33-43(28-38(56)29-46(33)61-53(67)42-13-10-37(27-45(42)57)55(2,3)69)51-44-31-47(60-52(44)59-32-58-51)35-7-11-40(12-8-35)71-41-18-21-62(22-19-41)20-5-6-34-15-23-63(24-16-34)54(68)36-9-14-49(70-4)48(26-36)64-25-17-39(65)30-50(64)66/h7-14,26-29,31-32,34,41,69H,5-6,15-25,30H2,1-4H3,(H,61,67)(H,58,59,60). The number of H-pyrrole nitrogens is 1. The fourth-order valence-corrected chi connectivity index (χ4v) is 10.0. The van der Waals surface area contributed by atoms with Crippen LogP contribution >= 0.6 is 0 Å². The summed E-state index contributed by atoms with van der Waals surface area (Å²) in [6.45, 7) is 9.41. The summed E-state index contributed by atoms with van der Waals surface area (Å²) in [4.78, 5) is 69.6. The number of hydrogen-bond donors (Lipinski definition) is 3. The van der Waals surface area contributed by atoms with Gasteiger partial charge in [0.05, 0.1) is 36.1 Å². The maximum atomic E-state index is 15.2. The number of ketones is 1. The monoisotopic (exact) mass is 967 g/mol. The van der Waals surface area contributed by atoms with Gasteiger partial charge in [0.25, 0.3) is 11.8 Å². The second kappa shape index (κ2) is 20.7. The molecular formula is C55H59F2N7O7. The highest BCUT2D eigenvalue weighted by Gasteiger charge is 2.30. The lowest BCUT2D eigenvalue weighted by Gasteiger charge is -2.34. The lowest BCUT2D eigenvalue weighted by molar-refractivity contribution is -0.128. The zero-order valence-electron chi connectivity index (χ0n) is 40.5. The number of aliphatic hydroxyl groups is 1. The van der Waals surface area contributed by atoms with Gasteiger partial charge in [-0.3, -0.25) is 19.2 Å². The van der Waals surface area contributed by atoms with Crippen LogP contribution < -0.4 is 19.7 Å². The van der Waals surface area contributed by atoms with Gasteiger partial charge < -0.3 is 39.6 Å². The van der Waals surface area contributed by atoms with Crippen LogP contribution in [-0.4, -0.2) is 106 Å². The van der Waals surface area contributed by atoms with Crippen molar-refractivity contribution in [2.75, 3.05) is 56.6 Å². The first-order valence-electron chi connectivity index (χ1n) is 24.4. The van der Waals surface area contributed by atoms with Crippen LogP contribution in [0, 0.1) is 24.5 Å². The second-order valence-corrected chi connectivity index (χ2v) is 19.5. The van der Waals surface area contributed by atoms with Gasteiger partial charge in [0.1, 0.15) is 47.0 Å². The fraction of sp³-hybridized carbons (Fsp3) is 0.382. The van der Waals surface area contributed by atoms with E-state index in [1.807, 2.05) is 35.2 Å². The zero-order valence-corrected chi connectivity index (χ0v) is 40.5. The number of aromatic amines is 1. The number of ether oxygens (including phenoxy) is 2. The molecule has 0 saturated carbocycles. The maximum Gasteiger partial charge on any atom is 0.258 e. The molecule has 0 unspecified atom stereocenters. The number of methoxy groups -OCH3 is 1. The highest BCUT2D eigenvalue weighted by Crippen LogP contribution is 2.37. The van der Waals surface area contributed by atoms with Gasteiger partial charge >= 0.3 is 0 Å². The Morgan fingerprint density at radius 1 is 0.901 bits per heavy atom. The van der Waals surface area contributed by atoms with Crippen molar-refractivity contribution < 1.29 is 42.5 Å². The molecule has 2 aromatic heterocycles. The third-order valence-corrected chi connectivity index (χ3v) is 14.2. The molecule has 5 heterocycles. The van der Waals surface area contributed by atoms with Crippen molar-refractivity contribution in [1.29, 1.82) is 0 Å². The molecule has 71 heavy (non-hydrogen) atoms. The normalized spacial score (nSPS) is 16.4. The van der Waals surface area contributed by atoms with E-state index in [-0.39, 0.29) is 54.3 Å². The number of piperidine rings is 3. The van der Waals surface area contributed by atoms with E-state index in [1.54, 1.807) is 30.0 Å². The summed E-state index contributed by atoms with van der Waals surface area (Å²) < 4.78 is 42.2. The molecular weight excluding hydrogens is 909 g/mol. The molecule has 3 fully saturated rings. The lowest BCUT2D eigenvalue weighted by Crippen LogP contribution is -2.40. The Hall–Kier alpha value is -7.04. The van der Waals surface area contributed by atoms with Crippen LogP contribution in [0.2, 0.25) is 0 Å². The van der Waals surface area contributed by atoms with Gasteiger partial charge in [-0.15, -0.1) is 0 Å². The smallest absolute Gasteiger partial charge is 0.258 e. The second-order valence-electron chi connectivity index (χ2n) is 19.5. The molecule has 6 aromatic rings. The number of amides is 3. The van der Waals surface area contributed by atoms with Crippen molar-refractivity contribution >= 4 is 45.9 Å². The Kier molecular flexibility index (Phi) is 14.3. The summed E-state index contributed by atoms with van der Waals surface area (Å²) >= 11 is 0. The number of carbonyl (C=O) groups excluding carboxylic acids is 4. The van der Waals surface area contributed by atoms with Crippen LogP contribution in [-0.2, 0) is 15.2 Å². The Labute approximate surface area is 411 Å². The first-order chi connectivity index (χ1) is 34.1. The molecule has 0 spiro atoms. The number of likely N-dealkylation sites (tertiary alicyclic amines) is 2. The van der Waals surface area contributed by atoms with Gasteiger partial charge in [-0.25, -0.2) is 18.7 Å². The molecule has 3 aliphatic heterocycles. The number of Topliss-reactive ketones (excluding diaryl/α,β-unsaturated/α-hetero) is 1. The highest BCUT2D eigenvalue weighted by atomic mass is 19.1. The molecule has 3 aliphatic rings. The van der Waals surface area contributed by atoms with E-state index < -0.39 is 23.1 Å². The molecule has 3 saturated heterocycles. The number of aromatic nitrogens is 3. The minimum absolute atomic E-state index is 0.0529. The minimum atomic E-state index is -1.29. The highest BCUT2D eigenvalue weighted by molar-refractivity contribution is 6.10. The molecule has 14 nitrogen and oxygen atoms in total. The van der Waals surface area contributed by atoms with Crippen molar-refractivity contribution in [3.8, 4) is 34.0 Å². The summed E-state index contributed by atoms with van der Waals surface area (Å²) in [5, 5.41) is 13.6. The first kappa shape index (κ1) is 49.0. The van der Waals surface area contributed by atoms with Crippen LogP contribution in [0.4, 0.5) is 20.2 Å². The van der Waals surface area contributed by atoms with Crippen molar-refractivity contribution in [3.05, 3.63) is 119 Å². The Balaban J connectivity index is 0.741. The SMILES string of the molecule is COc1ccc(C(=O)N2CCC(CCCN3CCC(Oc4ccc(-c5cc6c(-c7cc(F)cc(NC(=O)c8ccc(C(C)(C)O)cc8F)c7C)ncnc6[nH]5)cc4)CC3)CC2)cc1N1CCC(=O)CC1=O. The number of benzene rings is 4. The van der Waals surface area contributed by atoms with Crippen molar-refractivity contribution in [2.45, 2.75) is 83.8 Å². The van der Waals surface area contributed by atoms with Crippen LogP contribution in [0.15, 0.2) is 85.2 Å². The number of anilines is 2. The molecule has 3 amide bonds. The van der Waals surface area contributed by atoms with Gasteiger partial charge in [-0.05, 0) is 161 Å². The summed E-state index contributed by atoms with van der Waals surface area (Å²) in [7, 11) is 1.53. The summed E-state index contributed by atoms with van der Waals surface area (Å²) in [5.74, 6) is -0.724. The lowest BCUT2D eigenvalue weighted by atomic mass is 9.91. The van der Waals surface area contributed by atoms with Gasteiger partial charge in [0.2, 0.25) is 5.91 Å². The number of nitrogens with zero attached hydrogens (tertiary/aromatic N) is 5. The molecule has 3 N–H and O–H groups in total. The zero-order chi connectivity index (χ0) is 50.0. The first-order valence-corrected chi connectivity index (χ1v) is 24.4. The number of halogens is 2. The molecule has 370 valence electrons. The summed E-state index contributed by atoms with van der Waals surface area (Å²) in [6.07, 6.45) is 7.66. The summed E-state index contributed by atoms with van der Waals surface area (Å²) in [5.41, 5.74) is 3.65. The largest absolute Gasteiger partial charge is 0.495 e. The van der Waals surface area contributed by atoms with Crippen molar-refractivity contribution in [1.82, 2.24) is 24.8 Å². The van der Waals surface area contributed by atoms with Gasteiger partial charge in [0.15, 0.2) is 0 Å². The third-order valence-electron chi connectivity index (χ3n) is 14.2. The minimum Gasteiger partial charge on any atom is -0.495 e. The van der Waals surface area contributed by atoms with Gasteiger partial charge in [-0.2, -0.15) is 0 Å². The van der Waals surface area contributed by atoms with Gasteiger partial charge in [-0.1, -0.05) is 6.07 Å². The number of hydrogen-bond acceptors (Lipinski definition) is 10. The average molecular weight is 968 g/mol. The molecule has 0 atom stereocenters. The molecule has 4 aromatic carbocycles.